The van der Waals surface area contributed by atoms with Crippen LogP contribution in [0.3, 0.4) is 0 Å². The van der Waals surface area contributed by atoms with Crippen molar-refractivity contribution in [2.45, 2.75) is 12.3 Å². The van der Waals surface area contributed by atoms with Crippen LogP contribution in [-0.4, -0.2) is 22.2 Å². The number of hydrogen-bond acceptors (Lipinski definition) is 5. The number of ether oxygens (including phenoxy) is 1. The average molecular weight is 376 g/mol. The monoisotopic (exact) mass is 376 g/mol. The second-order valence-corrected chi connectivity index (χ2v) is 6.99. The lowest BCUT2D eigenvalue weighted by Gasteiger charge is -2.11. The van der Waals surface area contributed by atoms with E-state index in [9.17, 15) is 9.59 Å². The molecule has 0 fully saturated rings. The standard InChI is InChI=1S/C21H16N2O3S/c24-9-7-17(21(25)26-15-4-3-8-22-11-15)20-10-14(13-27-20)18-12-23-19-6-2-1-5-16(18)19/h1-6,8-13,17,23H,7H2. The van der Waals surface area contributed by atoms with Crippen LogP contribution in [0, 0.1) is 0 Å². The van der Waals surface area contributed by atoms with E-state index in [1.54, 1.807) is 18.3 Å². The molecule has 3 heterocycles. The summed E-state index contributed by atoms with van der Waals surface area (Å²) < 4.78 is 5.39. The Bertz CT molecular complexity index is 1080. The van der Waals surface area contributed by atoms with E-state index in [0.29, 0.717) is 5.75 Å². The number of aromatic amines is 1. The van der Waals surface area contributed by atoms with Gasteiger partial charge in [-0.05, 0) is 35.2 Å². The number of para-hydroxylation sites is 1. The number of esters is 1. The van der Waals surface area contributed by atoms with Gasteiger partial charge in [0.15, 0.2) is 0 Å². The number of nitrogens with one attached hydrogen (secondary N) is 1. The molecule has 0 saturated heterocycles. The molecule has 0 radical (unpaired) electrons. The minimum Gasteiger partial charge on any atom is -0.424 e. The predicted molar refractivity (Wildman–Crippen MR) is 105 cm³/mol. The Hall–Kier alpha value is -3.25. The third-order valence-electron chi connectivity index (χ3n) is 4.33. The average Bonchev–Trinajstić information content (AvgIpc) is 3.33. The quantitative estimate of drug-likeness (QED) is 0.395. The summed E-state index contributed by atoms with van der Waals surface area (Å²) in [5.41, 5.74) is 3.14. The summed E-state index contributed by atoms with van der Waals surface area (Å²) in [6.45, 7) is 0. The van der Waals surface area contributed by atoms with Crippen molar-refractivity contribution in [3.05, 3.63) is 71.3 Å². The Morgan fingerprint density at radius 2 is 2.15 bits per heavy atom. The third-order valence-corrected chi connectivity index (χ3v) is 5.38. The number of H-pyrrole nitrogens is 1. The molecular weight excluding hydrogens is 360 g/mol. The van der Waals surface area contributed by atoms with E-state index in [1.165, 1.54) is 17.5 Å². The van der Waals surface area contributed by atoms with Crippen LogP contribution >= 0.6 is 11.3 Å². The second-order valence-electron chi connectivity index (χ2n) is 6.05. The Morgan fingerprint density at radius 3 is 2.96 bits per heavy atom. The molecule has 1 atom stereocenters. The van der Waals surface area contributed by atoms with Crippen molar-refractivity contribution < 1.29 is 14.3 Å². The van der Waals surface area contributed by atoms with Gasteiger partial charge in [0, 0.05) is 40.2 Å². The van der Waals surface area contributed by atoms with Crippen molar-refractivity contribution in [3.8, 4) is 16.9 Å². The number of pyridine rings is 1. The van der Waals surface area contributed by atoms with Crippen LogP contribution in [0.2, 0.25) is 0 Å². The number of carbonyl (C=O) groups is 2. The van der Waals surface area contributed by atoms with Crippen molar-refractivity contribution in [3.63, 3.8) is 0 Å². The zero-order chi connectivity index (χ0) is 18.6. The van der Waals surface area contributed by atoms with Crippen LogP contribution in [0.15, 0.2) is 66.4 Å². The van der Waals surface area contributed by atoms with E-state index >= 15 is 0 Å². The first-order valence-corrected chi connectivity index (χ1v) is 9.34. The molecule has 0 aliphatic heterocycles. The highest BCUT2D eigenvalue weighted by atomic mass is 32.1. The molecule has 134 valence electrons. The topological polar surface area (TPSA) is 72.1 Å². The van der Waals surface area contributed by atoms with Crippen molar-refractivity contribution in [2.75, 3.05) is 0 Å². The molecule has 0 aliphatic rings. The van der Waals surface area contributed by atoms with Crippen molar-refractivity contribution in [1.82, 2.24) is 9.97 Å². The molecular formula is C21H16N2O3S. The summed E-state index contributed by atoms with van der Waals surface area (Å²) in [5.74, 6) is -0.721. The smallest absolute Gasteiger partial charge is 0.320 e. The minimum absolute atomic E-state index is 0.0763. The lowest BCUT2D eigenvalue weighted by molar-refractivity contribution is -0.137. The summed E-state index contributed by atoms with van der Waals surface area (Å²) in [7, 11) is 0. The molecule has 4 aromatic rings. The normalized spacial score (nSPS) is 12.0. The molecule has 5 nitrogen and oxygen atoms in total. The van der Waals surface area contributed by atoms with E-state index < -0.39 is 11.9 Å². The van der Waals surface area contributed by atoms with E-state index in [0.717, 1.165) is 33.2 Å². The molecule has 0 spiro atoms. The molecule has 0 aliphatic carbocycles. The predicted octanol–water partition coefficient (Wildman–Crippen LogP) is 4.57. The van der Waals surface area contributed by atoms with Crippen molar-refractivity contribution in [1.29, 1.82) is 0 Å². The number of nitrogens with zero attached hydrogens (tertiary/aromatic N) is 1. The van der Waals surface area contributed by atoms with Crippen LogP contribution in [0.1, 0.15) is 17.2 Å². The fourth-order valence-corrected chi connectivity index (χ4v) is 4.02. The number of benzene rings is 1. The van der Waals surface area contributed by atoms with Gasteiger partial charge in [0.1, 0.15) is 12.0 Å². The highest BCUT2D eigenvalue weighted by Gasteiger charge is 2.25. The summed E-state index contributed by atoms with van der Waals surface area (Å²) >= 11 is 1.45. The van der Waals surface area contributed by atoms with Gasteiger partial charge >= 0.3 is 5.97 Å². The zero-order valence-corrected chi connectivity index (χ0v) is 15.1. The number of carbonyl (C=O) groups excluding carboxylic acids is 2. The van der Waals surface area contributed by atoms with E-state index in [2.05, 4.69) is 16.0 Å². The van der Waals surface area contributed by atoms with Crippen LogP contribution < -0.4 is 4.74 Å². The van der Waals surface area contributed by atoms with Gasteiger partial charge < -0.3 is 14.5 Å². The largest absolute Gasteiger partial charge is 0.424 e. The lowest BCUT2D eigenvalue weighted by atomic mass is 10.0. The highest BCUT2D eigenvalue weighted by Crippen LogP contribution is 2.35. The Balaban J connectivity index is 1.62. The Labute approximate surface area is 159 Å². The summed E-state index contributed by atoms with van der Waals surface area (Å²) in [6.07, 6.45) is 5.86. The van der Waals surface area contributed by atoms with Gasteiger partial charge in [0.05, 0.1) is 12.1 Å². The molecule has 1 unspecified atom stereocenters. The van der Waals surface area contributed by atoms with E-state index in [4.69, 9.17) is 4.74 Å². The third kappa shape index (κ3) is 3.52. The second kappa shape index (κ2) is 7.55. The van der Waals surface area contributed by atoms with Crippen LogP contribution in [0.5, 0.6) is 5.75 Å². The number of rotatable bonds is 6. The van der Waals surface area contributed by atoms with Gasteiger partial charge in [0.25, 0.3) is 0 Å². The maximum atomic E-state index is 12.6. The van der Waals surface area contributed by atoms with Gasteiger partial charge in [-0.2, -0.15) is 0 Å². The van der Waals surface area contributed by atoms with Crippen molar-refractivity contribution in [2.24, 2.45) is 0 Å². The van der Waals surface area contributed by atoms with Crippen LogP contribution in [0.4, 0.5) is 0 Å². The molecule has 3 aromatic heterocycles. The number of aldehydes is 1. The molecule has 6 heteroatoms. The SMILES string of the molecule is O=CCC(C(=O)Oc1cccnc1)c1cc(-c2c[nH]c3ccccc23)cs1. The fraction of sp³-hybridized carbons (Fsp3) is 0.0952. The molecule has 4 rings (SSSR count). The first-order valence-electron chi connectivity index (χ1n) is 8.46. The lowest BCUT2D eigenvalue weighted by Crippen LogP contribution is -2.18. The van der Waals surface area contributed by atoms with E-state index in [1.807, 2.05) is 35.8 Å². The zero-order valence-electron chi connectivity index (χ0n) is 14.3. The fourth-order valence-electron chi connectivity index (χ4n) is 3.01. The van der Waals surface area contributed by atoms with Gasteiger partial charge in [-0.1, -0.05) is 18.2 Å². The number of thiophene rings is 1. The Kier molecular flexibility index (Phi) is 4.80. The van der Waals surface area contributed by atoms with Gasteiger partial charge in [-0.25, -0.2) is 0 Å². The highest BCUT2D eigenvalue weighted by molar-refractivity contribution is 7.10. The van der Waals surface area contributed by atoms with Crippen LogP contribution in [0.25, 0.3) is 22.0 Å². The summed E-state index contributed by atoms with van der Waals surface area (Å²) in [5, 5.41) is 3.12. The molecule has 0 bridgehead atoms. The number of hydrogen-bond donors (Lipinski definition) is 1. The van der Waals surface area contributed by atoms with Crippen LogP contribution in [-0.2, 0) is 9.59 Å². The summed E-state index contributed by atoms with van der Waals surface area (Å²) in [6, 6.07) is 13.4. The van der Waals surface area contributed by atoms with E-state index in [-0.39, 0.29) is 6.42 Å². The molecule has 1 aromatic carbocycles. The summed E-state index contributed by atoms with van der Waals surface area (Å²) in [4.78, 5) is 31.7. The molecule has 27 heavy (non-hydrogen) atoms. The number of aromatic nitrogens is 2. The maximum absolute atomic E-state index is 12.6. The molecule has 0 saturated carbocycles. The Morgan fingerprint density at radius 1 is 1.26 bits per heavy atom. The van der Waals surface area contributed by atoms with Crippen molar-refractivity contribution >= 4 is 34.5 Å². The van der Waals surface area contributed by atoms with Gasteiger partial charge in [-0.3, -0.25) is 9.78 Å². The van der Waals surface area contributed by atoms with Gasteiger partial charge in [0.2, 0.25) is 0 Å². The molecule has 1 N–H and O–H groups in total. The first-order chi connectivity index (χ1) is 13.3. The maximum Gasteiger partial charge on any atom is 0.320 e. The van der Waals surface area contributed by atoms with Gasteiger partial charge in [-0.15, -0.1) is 11.3 Å². The first kappa shape index (κ1) is 17.2. The minimum atomic E-state index is -0.633. The number of fused-ring (bicyclic) bond motifs is 1. The molecule has 0 amide bonds.